The third-order valence-corrected chi connectivity index (χ3v) is 15.3. The summed E-state index contributed by atoms with van der Waals surface area (Å²) in [6.07, 6.45) is 10.1. The van der Waals surface area contributed by atoms with Gasteiger partial charge in [-0.2, -0.15) is 9.29 Å². The van der Waals surface area contributed by atoms with Crippen LogP contribution >= 0.6 is 15.6 Å². The number of hydrogen-bond donors (Lipinski definition) is 8. The normalized spacial score (nSPS) is 30.3. The molecule has 2 aliphatic heterocycles. The van der Waals surface area contributed by atoms with E-state index in [2.05, 4.69) is 40.5 Å². The largest absolute Gasteiger partial charge is 0.481 e. The van der Waals surface area contributed by atoms with Crippen molar-refractivity contribution in [3.63, 3.8) is 0 Å². The number of hydrogen-bond acceptors (Lipinski definition) is 19. The number of anilines is 1. The average Bonchev–Trinajstić information content (AvgIpc) is 3.33. The molecule has 0 aromatic carbocycles. The van der Waals surface area contributed by atoms with Crippen molar-refractivity contribution < 1.29 is 86.4 Å². The Balaban J connectivity index is 1.83. The maximum Gasteiger partial charge on any atom is 0.481 e. The first kappa shape index (κ1) is 64.8. The topological polar surface area (TPSA) is 343 Å². The number of fused-ring (bicyclic) bond motifs is 3. The van der Waals surface area contributed by atoms with Crippen molar-refractivity contribution in [2.24, 2.45) is 11.8 Å². The van der Waals surface area contributed by atoms with Crippen molar-refractivity contribution in [3.05, 3.63) is 59.2 Å². The van der Waals surface area contributed by atoms with Gasteiger partial charge >= 0.3 is 33.3 Å². The Morgan fingerprint density at radius 3 is 2.14 bits per heavy atom. The molecule has 2 aliphatic rings. The smallest absolute Gasteiger partial charge is 0.462 e. The molecule has 3 rings (SSSR count). The highest BCUT2D eigenvalue weighted by Crippen LogP contribution is 2.60. The van der Waals surface area contributed by atoms with Gasteiger partial charge in [0.2, 0.25) is 0 Å². The highest BCUT2D eigenvalue weighted by Gasteiger charge is 2.45. The second kappa shape index (κ2) is 35.0. The number of carbonyl (C=O) groups is 3. The van der Waals surface area contributed by atoms with Gasteiger partial charge in [0.15, 0.2) is 6.10 Å². The van der Waals surface area contributed by atoms with Gasteiger partial charge in [0.05, 0.1) is 37.6 Å². The molecule has 24 heteroatoms. The fourth-order valence-electron chi connectivity index (χ4n) is 8.47. The van der Waals surface area contributed by atoms with Crippen molar-refractivity contribution in [2.45, 2.75) is 204 Å². The Kier molecular flexibility index (Phi) is 30.7. The molecular weight excluding hydrogens is 1010 g/mol. The van der Waals surface area contributed by atoms with Crippen LogP contribution in [0.3, 0.4) is 0 Å². The van der Waals surface area contributed by atoms with Crippen LogP contribution in [0, 0.1) is 11.8 Å². The van der Waals surface area contributed by atoms with E-state index in [4.69, 9.17) is 29.0 Å². The third kappa shape index (κ3) is 25.6. The lowest BCUT2D eigenvalue weighted by atomic mass is 9.82. The highest BCUT2D eigenvalue weighted by molar-refractivity contribution is 7.61. The van der Waals surface area contributed by atoms with Crippen LogP contribution in [-0.4, -0.2) is 125 Å². The number of nitrogen functional groups attached to an aromatic ring is 1. The predicted molar refractivity (Wildman–Crippen MR) is 273 cm³/mol. The first-order chi connectivity index (χ1) is 35.3. The number of esters is 2. The van der Waals surface area contributed by atoms with Crippen molar-refractivity contribution in [3.8, 4) is 0 Å². The SMILES string of the molecule is CCCCCC/C=C\C=C/CCCCCCCC(=O)O[C@@H]1COC(=O)CCCCC(=O)C[C@@H]2[C@H](n3ccc(N)nc3=O)O[C@H](COP(=O)(O)OP(=O)(O)OC1)[C@@H](O)[C@@H](O)[C@@H](/C=C/[C@@H](O)CCCCC)[C@H](O)C[C@@H]2O. The summed E-state index contributed by atoms with van der Waals surface area (Å²) in [5.74, 6) is -5.21. The second-order valence-electron chi connectivity index (χ2n) is 19.0. The van der Waals surface area contributed by atoms with Crippen LogP contribution in [0.4, 0.5) is 5.82 Å². The van der Waals surface area contributed by atoms with Crippen LogP contribution < -0.4 is 11.4 Å². The number of allylic oxidation sites excluding steroid dienone is 4. The maximum absolute atomic E-state index is 13.7. The Labute approximate surface area is 434 Å². The summed E-state index contributed by atoms with van der Waals surface area (Å²) in [7, 11) is -11.4. The zero-order valence-corrected chi connectivity index (χ0v) is 44.8. The number of phosphoric acid groups is 2. The molecule has 2 saturated heterocycles. The summed E-state index contributed by atoms with van der Waals surface area (Å²) in [6, 6.07) is 1.18. The summed E-state index contributed by atoms with van der Waals surface area (Å²) >= 11 is 0. The molecule has 22 nitrogen and oxygen atoms in total. The van der Waals surface area contributed by atoms with Crippen LogP contribution in [0.15, 0.2) is 53.5 Å². The molecule has 3 heterocycles. The molecule has 0 aliphatic carbocycles. The summed E-state index contributed by atoms with van der Waals surface area (Å²) in [6.45, 7) is 1.26. The van der Waals surface area contributed by atoms with E-state index in [0.29, 0.717) is 25.7 Å². The van der Waals surface area contributed by atoms with Crippen molar-refractivity contribution in [1.82, 2.24) is 9.55 Å². The maximum atomic E-state index is 13.7. The van der Waals surface area contributed by atoms with Crippen LogP contribution in [0.2, 0.25) is 0 Å². The number of aliphatic hydroxyl groups excluding tert-OH is 5. The van der Waals surface area contributed by atoms with Crippen molar-refractivity contribution in [1.29, 1.82) is 0 Å². The van der Waals surface area contributed by atoms with Gasteiger partial charge in [-0.05, 0) is 57.4 Å². The lowest BCUT2D eigenvalue weighted by Crippen LogP contribution is -2.52. The van der Waals surface area contributed by atoms with Gasteiger partial charge in [0, 0.05) is 50.1 Å². The van der Waals surface area contributed by atoms with Crippen LogP contribution in [0.5, 0.6) is 0 Å². The number of unbranched alkanes of at least 4 members (excludes halogenated alkanes) is 11. The molecule has 74 heavy (non-hydrogen) atoms. The molecule has 1 aromatic rings. The fraction of sp³-hybridized carbons (Fsp3) is 0.740. The van der Waals surface area contributed by atoms with E-state index >= 15 is 0 Å². The molecule has 2 fully saturated rings. The number of phosphoric ester groups is 2. The number of ether oxygens (including phenoxy) is 3. The fourth-order valence-corrected chi connectivity index (χ4v) is 10.6. The lowest BCUT2D eigenvalue weighted by molar-refractivity contribution is -0.196. The van der Waals surface area contributed by atoms with Crippen LogP contribution in [0.25, 0.3) is 0 Å². The summed E-state index contributed by atoms with van der Waals surface area (Å²) in [5, 5.41) is 57.5. The zero-order chi connectivity index (χ0) is 54.5. The minimum Gasteiger partial charge on any atom is -0.462 e. The van der Waals surface area contributed by atoms with E-state index in [-0.39, 0.29) is 37.9 Å². The third-order valence-electron chi connectivity index (χ3n) is 12.7. The van der Waals surface area contributed by atoms with E-state index in [1.54, 1.807) is 0 Å². The zero-order valence-electron chi connectivity index (χ0n) is 43.0. The molecule has 0 saturated carbocycles. The molecule has 1 aromatic heterocycles. The Hall–Kier alpha value is -3.47. The van der Waals surface area contributed by atoms with Crippen LogP contribution in [0.1, 0.15) is 161 Å². The van der Waals surface area contributed by atoms with Gasteiger partial charge in [-0.1, -0.05) is 108 Å². The molecule has 0 radical (unpaired) electrons. The number of cyclic esters (lactones) is 1. The molecule has 422 valence electrons. The number of carbonyl (C=O) groups excluding carboxylic acids is 3. The molecule has 2 bridgehead atoms. The number of Topliss-reactive ketones (excluding diaryl/α,β-unsaturated/α-hetero) is 1. The Morgan fingerprint density at radius 2 is 1.46 bits per heavy atom. The monoisotopic (exact) mass is 1090 g/mol. The Morgan fingerprint density at radius 1 is 0.838 bits per heavy atom. The molecule has 0 spiro atoms. The number of nitrogens with two attached hydrogens (primary N) is 1. The number of rotatable bonds is 22. The summed E-state index contributed by atoms with van der Waals surface area (Å²) in [4.78, 5) is 77.9. The van der Waals surface area contributed by atoms with E-state index in [0.717, 1.165) is 55.7 Å². The molecular formula is C50H83N3O19P2. The quantitative estimate of drug-likeness (QED) is 0.0206. The second-order valence-corrected chi connectivity index (χ2v) is 22.1. The molecule has 9 N–H and O–H groups in total. The van der Waals surface area contributed by atoms with E-state index in [1.807, 2.05) is 6.92 Å². The van der Waals surface area contributed by atoms with Crippen molar-refractivity contribution >= 4 is 39.2 Å². The first-order valence-electron chi connectivity index (χ1n) is 26.2. The van der Waals surface area contributed by atoms with Gasteiger partial charge in [-0.3, -0.25) is 28.0 Å². The van der Waals surface area contributed by atoms with E-state index < -0.39 is 133 Å². The molecule has 2 unspecified atom stereocenters. The predicted octanol–water partition coefficient (Wildman–Crippen LogP) is 6.34. The lowest BCUT2D eigenvalue weighted by Gasteiger charge is -2.40. The summed E-state index contributed by atoms with van der Waals surface area (Å²) < 4.78 is 58.8. The number of ketones is 1. The van der Waals surface area contributed by atoms with Gasteiger partial charge in [-0.15, -0.1) is 0 Å². The van der Waals surface area contributed by atoms with Gasteiger partial charge in [0.1, 0.15) is 36.6 Å². The minimum atomic E-state index is -5.76. The number of aliphatic hydroxyl groups is 5. The number of nitrogens with zero attached hydrogens (tertiary/aromatic N) is 2. The number of aromatic nitrogens is 2. The standard InChI is InChI=1S/C50H83N3O19P2/c1-3-5-7-8-9-10-11-12-13-14-15-16-17-18-20-26-46(59)70-38-33-67-45(58)25-22-21-24-37(55)31-40-42(57)32-41(56)39(28-27-36(54)23-19-6-4-2)47(60)48(61)43(35-69-74(65,66)72-73(63,64)68-34-38)71-49(40)53-30-29-44(51)52-50(53)62/h10-13,27-30,36,38-43,47-49,54,56-57,60-61H,3-9,14-26,31-35H2,1-2H3,(H,63,64)(H,65,66)(H2,51,52,62)/b11-10-,13-12-,28-27+/t36-,38+,39-,40-,41+,42-,43+,47-,48+,49+/m0/s1. The van der Waals surface area contributed by atoms with Gasteiger partial charge in [0.25, 0.3) is 0 Å². The van der Waals surface area contributed by atoms with Crippen LogP contribution in [-0.2, 0) is 51.1 Å². The highest BCUT2D eigenvalue weighted by atomic mass is 31.3. The first-order valence-corrected chi connectivity index (χ1v) is 29.2. The summed E-state index contributed by atoms with van der Waals surface area (Å²) in [5.41, 5.74) is 4.67. The van der Waals surface area contributed by atoms with Gasteiger partial charge < -0.3 is 55.3 Å². The van der Waals surface area contributed by atoms with E-state index in [9.17, 15) is 63.6 Å². The Bertz CT molecular complexity index is 2070. The molecule has 12 atom stereocenters. The molecule has 0 amide bonds. The van der Waals surface area contributed by atoms with Gasteiger partial charge in [-0.25, -0.2) is 13.9 Å². The average molecular weight is 1090 g/mol. The minimum absolute atomic E-state index is 0.0442. The van der Waals surface area contributed by atoms with E-state index in [1.165, 1.54) is 43.9 Å². The van der Waals surface area contributed by atoms with Crippen molar-refractivity contribution in [2.75, 3.05) is 25.6 Å².